The van der Waals surface area contributed by atoms with Crippen molar-refractivity contribution in [1.82, 2.24) is 20.2 Å². The van der Waals surface area contributed by atoms with Gasteiger partial charge < -0.3 is 10.2 Å². The van der Waals surface area contributed by atoms with Crippen LogP contribution in [0.15, 0.2) is 48.9 Å². The fourth-order valence-corrected chi connectivity index (χ4v) is 2.61. The molecule has 0 radical (unpaired) electrons. The van der Waals surface area contributed by atoms with Crippen LogP contribution >= 0.6 is 0 Å². The molecular weight excluding hydrogens is 328 g/mol. The van der Waals surface area contributed by atoms with Crippen molar-refractivity contribution in [2.45, 2.75) is 39.2 Å². The third-order valence-corrected chi connectivity index (χ3v) is 4.14. The molecule has 0 bridgehead atoms. The molecule has 0 aliphatic carbocycles. The summed E-state index contributed by atoms with van der Waals surface area (Å²) >= 11 is 0. The van der Waals surface area contributed by atoms with Crippen LogP contribution in [0.25, 0.3) is 0 Å². The molecule has 1 N–H and O–H groups in total. The van der Waals surface area contributed by atoms with Gasteiger partial charge in [-0.25, -0.2) is 4.98 Å². The summed E-state index contributed by atoms with van der Waals surface area (Å²) < 4.78 is 0. The van der Waals surface area contributed by atoms with Crippen molar-refractivity contribution in [2.24, 2.45) is 0 Å². The van der Waals surface area contributed by atoms with Gasteiger partial charge in [0.1, 0.15) is 5.69 Å². The zero-order valence-electron chi connectivity index (χ0n) is 15.4. The Labute approximate surface area is 154 Å². The van der Waals surface area contributed by atoms with E-state index in [9.17, 15) is 9.59 Å². The summed E-state index contributed by atoms with van der Waals surface area (Å²) in [6, 6.07) is 9.74. The van der Waals surface area contributed by atoms with Crippen molar-refractivity contribution in [3.8, 4) is 0 Å². The fourth-order valence-electron chi connectivity index (χ4n) is 2.61. The molecule has 2 amide bonds. The van der Waals surface area contributed by atoms with Crippen molar-refractivity contribution in [3.05, 3.63) is 60.2 Å². The van der Waals surface area contributed by atoms with Crippen molar-refractivity contribution in [2.75, 3.05) is 13.1 Å². The summed E-state index contributed by atoms with van der Waals surface area (Å²) in [5.41, 5.74) is 1.36. The normalized spacial score (nSPS) is 11.6. The van der Waals surface area contributed by atoms with Crippen LogP contribution in [0.4, 0.5) is 0 Å². The number of benzene rings is 1. The number of amides is 2. The lowest BCUT2D eigenvalue weighted by Crippen LogP contribution is -2.37. The molecule has 1 aromatic carbocycles. The smallest absolute Gasteiger partial charge is 0.274 e. The minimum atomic E-state index is -0.185. The Bertz CT molecular complexity index is 691. The zero-order chi connectivity index (χ0) is 18.8. The Balaban J connectivity index is 1.91. The average molecular weight is 354 g/mol. The Morgan fingerprint density at radius 2 is 1.92 bits per heavy atom. The summed E-state index contributed by atoms with van der Waals surface area (Å²) in [7, 11) is 0. The number of nitrogens with one attached hydrogen (secondary N) is 1. The van der Waals surface area contributed by atoms with E-state index in [1.807, 2.05) is 37.3 Å². The maximum Gasteiger partial charge on any atom is 0.274 e. The molecule has 26 heavy (non-hydrogen) atoms. The van der Waals surface area contributed by atoms with E-state index in [2.05, 4.69) is 22.2 Å². The summed E-state index contributed by atoms with van der Waals surface area (Å²) in [5.74, 6) is -0.259. The van der Waals surface area contributed by atoms with Crippen LogP contribution in [0, 0.1) is 0 Å². The van der Waals surface area contributed by atoms with E-state index in [0.717, 1.165) is 18.4 Å². The monoisotopic (exact) mass is 354 g/mol. The van der Waals surface area contributed by atoms with Gasteiger partial charge in [-0.1, -0.05) is 43.7 Å². The molecule has 0 aliphatic heterocycles. The minimum Gasteiger partial charge on any atom is -0.350 e. The number of rotatable bonds is 9. The first-order valence-electron chi connectivity index (χ1n) is 9.01. The van der Waals surface area contributed by atoms with E-state index in [4.69, 9.17) is 0 Å². The SMILES string of the molecule is CCCCN(CCC(=O)NC(C)c1ccccc1)C(=O)c1cnccn1. The first-order chi connectivity index (χ1) is 12.6. The third kappa shape index (κ3) is 5.95. The van der Waals surface area contributed by atoms with E-state index < -0.39 is 0 Å². The number of hydrogen-bond donors (Lipinski definition) is 1. The van der Waals surface area contributed by atoms with Crippen LogP contribution in [0.3, 0.4) is 0 Å². The van der Waals surface area contributed by atoms with Crippen molar-refractivity contribution < 1.29 is 9.59 Å². The quantitative estimate of drug-likeness (QED) is 0.751. The van der Waals surface area contributed by atoms with Gasteiger partial charge in [0, 0.05) is 31.9 Å². The molecule has 1 heterocycles. The second-order valence-electron chi connectivity index (χ2n) is 6.19. The Morgan fingerprint density at radius 1 is 1.15 bits per heavy atom. The van der Waals surface area contributed by atoms with Gasteiger partial charge >= 0.3 is 0 Å². The van der Waals surface area contributed by atoms with E-state index in [0.29, 0.717) is 18.8 Å². The van der Waals surface area contributed by atoms with E-state index in [-0.39, 0.29) is 24.3 Å². The number of aromatic nitrogens is 2. The third-order valence-electron chi connectivity index (χ3n) is 4.14. The Hall–Kier alpha value is -2.76. The molecule has 6 heteroatoms. The Kier molecular flexibility index (Phi) is 7.74. The first kappa shape index (κ1) is 19.6. The second kappa shape index (κ2) is 10.3. The fraction of sp³-hybridized carbons (Fsp3) is 0.400. The summed E-state index contributed by atoms with van der Waals surface area (Å²) in [4.78, 5) is 34.6. The van der Waals surface area contributed by atoms with E-state index >= 15 is 0 Å². The molecule has 0 aliphatic rings. The van der Waals surface area contributed by atoms with Gasteiger partial charge in [-0.2, -0.15) is 0 Å². The summed E-state index contributed by atoms with van der Waals surface area (Å²) in [5, 5.41) is 2.98. The largest absolute Gasteiger partial charge is 0.350 e. The van der Waals surface area contributed by atoms with Crippen LogP contribution in [-0.2, 0) is 4.79 Å². The van der Waals surface area contributed by atoms with Gasteiger partial charge in [-0.15, -0.1) is 0 Å². The predicted molar refractivity (Wildman–Crippen MR) is 100 cm³/mol. The number of unbranched alkanes of at least 4 members (excludes halogenated alkanes) is 1. The van der Waals surface area contributed by atoms with Crippen LogP contribution in [0.2, 0.25) is 0 Å². The molecule has 138 valence electrons. The summed E-state index contributed by atoms with van der Waals surface area (Å²) in [6.07, 6.45) is 6.60. The van der Waals surface area contributed by atoms with E-state index in [1.54, 1.807) is 4.90 Å². The minimum absolute atomic E-state index is 0.0662. The number of carbonyl (C=O) groups excluding carboxylic acids is 2. The molecule has 0 saturated carbocycles. The number of carbonyl (C=O) groups is 2. The molecule has 0 saturated heterocycles. The molecule has 1 aromatic heterocycles. The first-order valence-corrected chi connectivity index (χ1v) is 9.01. The lowest BCUT2D eigenvalue weighted by atomic mass is 10.1. The van der Waals surface area contributed by atoms with Crippen molar-refractivity contribution in [3.63, 3.8) is 0 Å². The lowest BCUT2D eigenvalue weighted by molar-refractivity contribution is -0.121. The predicted octanol–water partition coefficient (Wildman–Crippen LogP) is 2.99. The number of nitrogens with zero attached hydrogens (tertiary/aromatic N) is 3. The highest BCUT2D eigenvalue weighted by Crippen LogP contribution is 2.11. The van der Waals surface area contributed by atoms with Gasteiger partial charge in [0.15, 0.2) is 0 Å². The van der Waals surface area contributed by atoms with Crippen molar-refractivity contribution in [1.29, 1.82) is 0 Å². The lowest BCUT2D eigenvalue weighted by Gasteiger charge is -2.22. The van der Waals surface area contributed by atoms with Gasteiger partial charge in [0.25, 0.3) is 5.91 Å². The maximum atomic E-state index is 12.6. The van der Waals surface area contributed by atoms with Crippen LogP contribution < -0.4 is 5.32 Å². The highest BCUT2D eigenvalue weighted by Gasteiger charge is 2.18. The zero-order valence-corrected chi connectivity index (χ0v) is 15.4. The average Bonchev–Trinajstić information content (AvgIpc) is 2.69. The van der Waals surface area contributed by atoms with Crippen LogP contribution in [-0.4, -0.2) is 39.8 Å². The highest BCUT2D eigenvalue weighted by atomic mass is 16.2. The van der Waals surface area contributed by atoms with Gasteiger partial charge in [0.2, 0.25) is 5.91 Å². The highest BCUT2D eigenvalue weighted by molar-refractivity contribution is 5.92. The van der Waals surface area contributed by atoms with Gasteiger partial charge in [-0.3, -0.25) is 14.6 Å². The van der Waals surface area contributed by atoms with Crippen molar-refractivity contribution >= 4 is 11.8 Å². The molecule has 0 spiro atoms. The molecule has 1 unspecified atom stereocenters. The van der Waals surface area contributed by atoms with Gasteiger partial charge in [0.05, 0.1) is 12.2 Å². The van der Waals surface area contributed by atoms with Crippen LogP contribution in [0.1, 0.15) is 55.2 Å². The topological polar surface area (TPSA) is 75.2 Å². The summed E-state index contributed by atoms with van der Waals surface area (Å²) in [6.45, 7) is 4.99. The van der Waals surface area contributed by atoms with E-state index in [1.165, 1.54) is 18.6 Å². The molecular formula is C20H26N4O2. The second-order valence-corrected chi connectivity index (χ2v) is 6.19. The number of hydrogen-bond acceptors (Lipinski definition) is 4. The molecule has 1 atom stereocenters. The molecule has 2 rings (SSSR count). The van der Waals surface area contributed by atoms with Crippen LogP contribution in [0.5, 0.6) is 0 Å². The van der Waals surface area contributed by atoms with Gasteiger partial charge in [-0.05, 0) is 18.9 Å². The molecule has 6 nitrogen and oxygen atoms in total. The molecule has 2 aromatic rings. The molecule has 0 fully saturated rings. The Morgan fingerprint density at radius 3 is 2.58 bits per heavy atom. The maximum absolute atomic E-state index is 12.6. The standard InChI is InChI=1S/C20H26N4O2/c1-3-4-13-24(20(26)18-15-21-11-12-22-18)14-10-19(25)23-16(2)17-8-6-5-7-9-17/h5-9,11-12,15-16H,3-4,10,13-14H2,1-2H3,(H,23,25).